The summed E-state index contributed by atoms with van der Waals surface area (Å²) < 4.78 is 18.7. The van der Waals surface area contributed by atoms with Crippen molar-refractivity contribution >= 4 is 12.4 Å². The highest BCUT2D eigenvalue weighted by molar-refractivity contribution is 5.85. The Morgan fingerprint density at radius 1 is 1.45 bits per heavy atom. The zero-order chi connectivity index (χ0) is 14.7. The largest absolute Gasteiger partial charge is 0.444 e. The molecule has 0 amide bonds. The Morgan fingerprint density at radius 2 is 2.32 bits per heavy atom. The van der Waals surface area contributed by atoms with E-state index >= 15 is 0 Å². The van der Waals surface area contributed by atoms with E-state index in [4.69, 9.17) is 4.42 Å². The van der Waals surface area contributed by atoms with Gasteiger partial charge in [-0.05, 0) is 50.7 Å². The Kier molecular flexibility index (Phi) is 5.94. The summed E-state index contributed by atoms with van der Waals surface area (Å²) in [5.41, 5.74) is 1.58. The van der Waals surface area contributed by atoms with Gasteiger partial charge in [-0.2, -0.15) is 0 Å². The van der Waals surface area contributed by atoms with Gasteiger partial charge >= 0.3 is 0 Å². The molecule has 1 N–H and O–H groups in total. The summed E-state index contributed by atoms with van der Waals surface area (Å²) in [6.07, 6.45) is 2.89. The summed E-state index contributed by atoms with van der Waals surface area (Å²) >= 11 is 0. The molecule has 4 nitrogen and oxygen atoms in total. The standard InChI is InChI=1S/C16H20FN3O.ClH/c1-18-8-12-5-6-20(9-12)10-15-11-21-16(19-15)13-3-2-4-14(17)7-13;/h2-4,7,11-12,18H,5-6,8-10H2,1H3;1H. The molecule has 0 radical (unpaired) electrons. The molecule has 0 aliphatic carbocycles. The summed E-state index contributed by atoms with van der Waals surface area (Å²) in [4.78, 5) is 6.85. The minimum atomic E-state index is -0.276. The molecule has 3 rings (SSSR count). The Labute approximate surface area is 136 Å². The van der Waals surface area contributed by atoms with Crippen molar-refractivity contribution < 1.29 is 8.81 Å². The topological polar surface area (TPSA) is 41.3 Å². The van der Waals surface area contributed by atoms with Gasteiger partial charge in [-0.1, -0.05) is 6.07 Å². The number of hydrogen-bond acceptors (Lipinski definition) is 4. The lowest BCUT2D eigenvalue weighted by molar-refractivity contribution is 0.311. The van der Waals surface area contributed by atoms with Gasteiger partial charge in [0, 0.05) is 18.7 Å². The molecule has 1 aromatic carbocycles. The first-order valence-corrected chi connectivity index (χ1v) is 7.32. The second kappa shape index (κ2) is 7.72. The third-order valence-electron chi connectivity index (χ3n) is 3.87. The molecular weight excluding hydrogens is 305 g/mol. The van der Waals surface area contributed by atoms with Crippen LogP contribution in [-0.4, -0.2) is 36.6 Å². The van der Waals surface area contributed by atoms with Gasteiger partial charge in [-0.3, -0.25) is 4.90 Å². The minimum Gasteiger partial charge on any atom is -0.444 e. The normalized spacial score (nSPS) is 18.4. The lowest BCUT2D eigenvalue weighted by atomic mass is 10.1. The fourth-order valence-electron chi connectivity index (χ4n) is 2.87. The fourth-order valence-corrected chi connectivity index (χ4v) is 2.87. The van der Waals surface area contributed by atoms with Crippen molar-refractivity contribution in [2.75, 3.05) is 26.7 Å². The first-order valence-electron chi connectivity index (χ1n) is 7.32. The molecule has 120 valence electrons. The van der Waals surface area contributed by atoms with Gasteiger partial charge in [0.1, 0.15) is 12.1 Å². The average Bonchev–Trinajstić information content (AvgIpc) is 3.10. The number of nitrogens with one attached hydrogen (secondary N) is 1. The van der Waals surface area contributed by atoms with Crippen LogP contribution in [-0.2, 0) is 6.54 Å². The van der Waals surface area contributed by atoms with E-state index in [1.54, 1.807) is 18.4 Å². The number of benzene rings is 1. The van der Waals surface area contributed by atoms with Crippen LogP contribution in [0.1, 0.15) is 12.1 Å². The molecule has 1 aliphatic heterocycles. The molecule has 1 aliphatic rings. The highest BCUT2D eigenvalue weighted by atomic mass is 35.5. The lowest BCUT2D eigenvalue weighted by Crippen LogP contribution is -2.24. The van der Waals surface area contributed by atoms with Crippen LogP contribution in [0, 0.1) is 11.7 Å². The van der Waals surface area contributed by atoms with Crippen molar-refractivity contribution in [2.45, 2.75) is 13.0 Å². The van der Waals surface area contributed by atoms with Crippen molar-refractivity contribution in [2.24, 2.45) is 5.92 Å². The molecule has 1 saturated heterocycles. The minimum absolute atomic E-state index is 0. The molecule has 2 heterocycles. The third-order valence-corrected chi connectivity index (χ3v) is 3.87. The van der Waals surface area contributed by atoms with Crippen molar-refractivity contribution in [3.05, 3.63) is 42.0 Å². The number of halogens is 2. The maximum Gasteiger partial charge on any atom is 0.226 e. The molecule has 0 bridgehead atoms. The summed E-state index contributed by atoms with van der Waals surface area (Å²) in [6.45, 7) is 4.03. The van der Waals surface area contributed by atoms with E-state index in [1.165, 1.54) is 18.6 Å². The Hall–Kier alpha value is -1.43. The van der Waals surface area contributed by atoms with E-state index in [0.717, 1.165) is 31.9 Å². The van der Waals surface area contributed by atoms with E-state index in [0.29, 0.717) is 17.4 Å². The van der Waals surface area contributed by atoms with Crippen molar-refractivity contribution in [3.63, 3.8) is 0 Å². The predicted molar refractivity (Wildman–Crippen MR) is 86.5 cm³/mol. The average molecular weight is 326 g/mol. The molecule has 1 aromatic heterocycles. The zero-order valence-corrected chi connectivity index (χ0v) is 13.4. The molecule has 0 saturated carbocycles. The van der Waals surface area contributed by atoms with Gasteiger partial charge in [0.25, 0.3) is 0 Å². The van der Waals surface area contributed by atoms with Crippen molar-refractivity contribution in [1.29, 1.82) is 0 Å². The van der Waals surface area contributed by atoms with E-state index in [9.17, 15) is 4.39 Å². The molecule has 0 spiro atoms. The third kappa shape index (κ3) is 4.06. The highest BCUT2D eigenvalue weighted by Crippen LogP contribution is 2.22. The Bertz CT molecular complexity index is 605. The maximum atomic E-state index is 13.2. The van der Waals surface area contributed by atoms with Crippen LogP contribution in [0.5, 0.6) is 0 Å². The molecule has 22 heavy (non-hydrogen) atoms. The van der Waals surface area contributed by atoms with Gasteiger partial charge in [-0.25, -0.2) is 9.37 Å². The smallest absolute Gasteiger partial charge is 0.226 e. The van der Waals surface area contributed by atoms with E-state index < -0.39 is 0 Å². The number of likely N-dealkylation sites (tertiary alicyclic amines) is 1. The molecule has 1 fully saturated rings. The molecular formula is C16H21ClFN3O. The molecule has 2 aromatic rings. The van der Waals surface area contributed by atoms with Crippen LogP contribution in [0.25, 0.3) is 11.5 Å². The Balaban J connectivity index is 0.00000176. The first kappa shape index (κ1) is 16.9. The van der Waals surface area contributed by atoms with Crippen LogP contribution >= 0.6 is 12.4 Å². The second-order valence-corrected chi connectivity index (χ2v) is 5.60. The monoisotopic (exact) mass is 325 g/mol. The van der Waals surface area contributed by atoms with Gasteiger partial charge in [0.15, 0.2) is 0 Å². The fraction of sp³-hybridized carbons (Fsp3) is 0.438. The summed E-state index contributed by atoms with van der Waals surface area (Å²) in [6, 6.07) is 6.32. The van der Waals surface area contributed by atoms with Gasteiger partial charge < -0.3 is 9.73 Å². The predicted octanol–water partition coefficient (Wildman–Crippen LogP) is 2.94. The number of aromatic nitrogens is 1. The summed E-state index contributed by atoms with van der Waals surface area (Å²) in [5.74, 6) is 0.918. The molecule has 6 heteroatoms. The maximum absolute atomic E-state index is 13.2. The van der Waals surface area contributed by atoms with Crippen LogP contribution in [0.15, 0.2) is 34.9 Å². The lowest BCUT2D eigenvalue weighted by Gasteiger charge is -2.13. The Morgan fingerprint density at radius 3 is 3.09 bits per heavy atom. The van der Waals surface area contributed by atoms with E-state index in [-0.39, 0.29) is 18.2 Å². The number of oxazole rings is 1. The van der Waals surface area contributed by atoms with Crippen LogP contribution < -0.4 is 5.32 Å². The molecule has 1 unspecified atom stereocenters. The second-order valence-electron chi connectivity index (χ2n) is 5.60. The van der Waals surface area contributed by atoms with E-state index in [2.05, 4.69) is 15.2 Å². The van der Waals surface area contributed by atoms with Crippen LogP contribution in [0.2, 0.25) is 0 Å². The van der Waals surface area contributed by atoms with Crippen molar-refractivity contribution in [1.82, 2.24) is 15.2 Å². The van der Waals surface area contributed by atoms with Crippen LogP contribution in [0.3, 0.4) is 0 Å². The van der Waals surface area contributed by atoms with Crippen LogP contribution in [0.4, 0.5) is 4.39 Å². The van der Waals surface area contributed by atoms with E-state index in [1.807, 2.05) is 7.05 Å². The highest BCUT2D eigenvalue weighted by Gasteiger charge is 2.22. The quantitative estimate of drug-likeness (QED) is 0.917. The summed E-state index contributed by atoms with van der Waals surface area (Å²) in [7, 11) is 1.99. The number of nitrogens with zero attached hydrogens (tertiary/aromatic N) is 2. The zero-order valence-electron chi connectivity index (χ0n) is 12.6. The van der Waals surface area contributed by atoms with Gasteiger partial charge in [0.05, 0.1) is 5.69 Å². The SMILES string of the molecule is CNCC1CCN(Cc2coc(-c3cccc(F)c3)n2)C1.Cl. The molecule has 1 atom stereocenters. The number of hydrogen-bond donors (Lipinski definition) is 1. The summed E-state index contributed by atoms with van der Waals surface area (Å²) in [5, 5.41) is 3.23. The first-order chi connectivity index (χ1) is 10.2. The van der Waals surface area contributed by atoms with Crippen molar-refractivity contribution in [3.8, 4) is 11.5 Å². The van der Waals surface area contributed by atoms with Gasteiger partial charge in [-0.15, -0.1) is 12.4 Å². The number of rotatable bonds is 5. The van der Waals surface area contributed by atoms with Gasteiger partial charge in [0.2, 0.25) is 5.89 Å².